The van der Waals surface area contributed by atoms with E-state index in [2.05, 4.69) is 32.9 Å². The predicted molar refractivity (Wildman–Crippen MR) is 90.1 cm³/mol. The van der Waals surface area contributed by atoms with E-state index in [9.17, 15) is 0 Å². The molecule has 0 amide bonds. The SMILES string of the molecule is CC[C@H]1CC=C2[C@@H]3CCC4=CCCC[C@]4(C)[C@H]3CC[C@@]21C. The van der Waals surface area contributed by atoms with Gasteiger partial charge in [0, 0.05) is 0 Å². The molecule has 2 saturated carbocycles. The van der Waals surface area contributed by atoms with E-state index in [1.807, 2.05) is 11.1 Å². The molecule has 5 atom stereocenters. The van der Waals surface area contributed by atoms with Crippen molar-refractivity contribution in [3.8, 4) is 0 Å². The van der Waals surface area contributed by atoms with Crippen molar-refractivity contribution in [2.75, 3.05) is 0 Å². The number of fused-ring (bicyclic) bond motifs is 5. The Morgan fingerprint density at radius 1 is 1.10 bits per heavy atom. The molecule has 0 aliphatic heterocycles. The van der Waals surface area contributed by atoms with Crippen molar-refractivity contribution in [3.63, 3.8) is 0 Å². The van der Waals surface area contributed by atoms with Crippen LogP contribution in [0.25, 0.3) is 0 Å². The van der Waals surface area contributed by atoms with Crippen molar-refractivity contribution >= 4 is 0 Å². The minimum Gasteiger partial charge on any atom is -0.0848 e. The third-order valence-corrected chi connectivity index (χ3v) is 8.10. The molecule has 0 heterocycles. The Morgan fingerprint density at radius 3 is 2.76 bits per heavy atom. The highest BCUT2D eigenvalue weighted by atomic mass is 14.6. The molecule has 0 spiro atoms. The van der Waals surface area contributed by atoms with E-state index in [1.54, 1.807) is 0 Å². The second-order valence-corrected chi connectivity index (χ2v) is 8.75. The highest BCUT2D eigenvalue weighted by Crippen LogP contribution is 2.65. The van der Waals surface area contributed by atoms with Gasteiger partial charge in [0.2, 0.25) is 0 Å². The number of hydrogen-bond donors (Lipinski definition) is 0. The Morgan fingerprint density at radius 2 is 1.95 bits per heavy atom. The van der Waals surface area contributed by atoms with Crippen LogP contribution in [0.4, 0.5) is 0 Å². The van der Waals surface area contributed by atoms with E-state index < -0.39 is 0 Å². The summed E-state index contributed by atoms with van der Waals surface area (Å²) >= 11 is 0. The van der Waals surface area contributed by atoms with E-state index in [-0.39, 0.29) is 0 Å². The molecule has 0 N–H and O–H groups in total. The summed E-state index contributed by atoms with van der Waals surface area (Å²) in [6.45, 7) is 7.62. The lowest BCUT2D eigenvalue weighted by atomic mass is 9.48. The molecule has 0 saturated heterocycles. The average Bonchev–Trinajstić information content (AvgIpc) is 2.83. The van der Waals surface area contributed by atoms with Crippen LogP contribution in [0.5, 0.6) is 0 Å². The van der Waals surface area contributed by atoms with Gasteiger partial charge >= 0.3 is 0 Å². The van der Waals surface area contributed by atoms with Gasteiger partial charge in [0.1, 0.15) is 0 Å². The normalized spacial score (nSPS) is 48.8. The lowest BCUT2D eigenvalue weighted by Gasteiger charge is -2.56. The van der Waals surface area contributed by atoms with E-state index in [1.165, 1.54) is 57.8 Å². The van der Waals surface area contributed by atoms with E-state index in [0.717, 1.165) is 17.8 Å². The molecule has 116 valence electrons. The van der Waals surface area contributed by atoms with Crippen LogP contribution in [0.3, 0.4) is 0 Å². The second kappa shape index (κ2) is 4.74. The summed E-state index contributed by atoms with van der Waals surface area (Å²) in [5.41, 5.74) is 4.84. The fourth-order valence-electron chi connectivity index (χ4n) is 6.79. The van der Waals surface area contributed by atoms with Gasteiger partial charge in [-0.05, 0) is 80.0 Å². The van der Waals surface area contributed by atoms with Crippen LogP contribution in [-0.4, -0.2) is 0 Å². The van der Waals surface area contributed by atoms with Crippen LogP contribution in [-0.2, 0) is 0 Å². The highest BCUT2D eigenvalue weighted by molar-refractivity contribution is 5.33. The topological polar surface area (TPSA) is 0 Å². The largest absolute Gasteiger partial charge is 0.0848 e. The lowest BCUT2D eigenvalue weighted by molar-refractivity contribution is 0.0387. The zero-order valence-electron chi connectivity index (χ0n) is 14.3. The van der Waals surface area contributed by atoms with Crippen LogP contribution in [0.2, 0.25) is 0 Å². The first-order chi connectivity index (χ1) is 10.1. The minimum absolute atomic E-state index is 0.549. The molecule has 0 aromatic carbocycles. The minimum atomic E-state index is 0.549. The zero-order valence-corrected chi connectivity index (χ0v) is 14.3. The van der Waals surface area contributed by atoms with Crippen molar-refractivity contribution in [2.45, 2.75) is 78.6 Å². The van der Waals surface area contributed by atoms with E-state index in [0.29, 0.717) is 10.8 Å². The van der Waals surface area contributed by atoms with Crippen molar-refractivity contribution in [1.82, 2.24) is 0 Å². The second-order valence-electron chi connectivity index (χ2n) is 8.75. The van der Waals surface area contributed by atoms with Crippen LogP contribution in [0.15, 0.2) is 23.3 Å². The molecule has 21 heavy (non-hydrogen) atoms. The summed E-state index contributed by atoms with van der Waals surface area (Å²) in [6, 6.07) is 0. The average molecular weight is 284 g/mol. The fraction of sp³-hybridized carbons (Fsp3) is 0.810. The van der Waals surface area contributed by atoms with E-state index >= 15 is 0 Å². The zero-order chi connectivity index (χ0) is 14.7. The maximum absolute atomic E-state index is 2.69. The molecule has 0 radical (unpaired) electrons. The van der Waals surface area contributed by atoms with Crippen molar-refractivity contribution in [1.29, 1.82) is 0 Å². The molecule has 0 aromatic heterocycles. The molecule has 4 rings (SSSR count). The Balaban J connectivity index is 1.69. The quantitative estimate of drug-likeness (QED) is 0.497. The molecule has 4 aliphatic carbocycles. The van der Waals surface area contributed by atoms with Crippen molar-refractivity contribution in [3.05, 3.63) is 23.3 Å². The maximum atomic E-state index is 2.69. The molecule has 0 aromatic rings. The van der Waals surface area contributed by atoms with Gasteiger partial charge in [0.05, 0.1) is 0 Å². The maximum Gasteiger partial charge on any atom is -0.00823 e. The summed E-state index contributed by atoms with van der Waals surface area (Å²) < 4.78 is 0. The Bertz CT molecular complexity index is 496. The monoisotopic (exact) mass is 284 g/mol. The van der Waals surface area contributed by atoms with Gasteiger partial charge in [-0.15, -0.1) is 0 Å². The van der Waals surface area contributed by atoms with Gasteiger partial charge in [-0.25, -0.2) is 0 Å². The summed E-state index contributed by atoms with van der Waals surface area (Å²) in [7, 11) is 0. The van der Waals surface area contributed by atoms with Gasteiger partial charge in [-0.1, -0.05) is 50.5 Å². The van der Waals surface area contributed by atoms with Crippen molar-refractivity contribution in [2.24, 2.45) is 28.6 Å². The van der Waals surface area contributed by atoms with Crippen LogP contribution in [0.1, 0.15) is 78.6 Å². The van der Waals surface area contributed by atoms with Gasteiger partial charge in [-0.2, -0.15) is 0 Å². The first-order valence-corrected chi connectivity index (χ1v) is 9.49. The Labute approximate surface area is 131 Å². The van der Waals surface area contributed by atoms with Crippen LogP contribution < -0.4 is 0 Å². The molecule has 4 aliphatic rings. The number of allylic oxidation sites excluding steroid dienone is 4. The molecule has 0 nitrogen and oxygen atoms in total. The van der Waals surface area contributed by atoms with Gasteiger partial charge in [-0.3, -0.25) is 0 Å². The summed E-state index contributed by atoms with van der Waals surface area (Å²) in [4.78, 5) is 0. The first-order valence-electron chi connectivity index (χ1n) is 9.49. The Hall–Kier alpha value is -0.520. The molecule has 0 bridgehead atoms. The van der Waals surface area contributed by atoms with Gasteiger partial charge < -0.3 is 0 Å². The molecule has 0 heteroatoms. The summed E-state index contributed by atoms with van der Waals surface area (Å²) in [5, 5.41) is 0. The van der Waals surface area contributed by atoms with Crippen LogP contribution in [0, 0.1) is 28.6 Å². The highest BCUT2D eigenvalue weighted by Gasteiger charge is 2.54. The summed E-state index contributed by atoms with van der Waals surface area (Å²) in [6.07, 6.45) is 18.1. The lowest BCUT2D eigenvalue weighted by Crippen LogP contribution is -2.47. The fourth-order valence-corrected chi connectivity index (χ4v) is 6.79. The van der Waals surface area contributed by atoms with Crippen LogP contribution >= 0.6 is 0 Å². The van der Waals surface area contributed by atoms with Gasteiger partial charge in [0.15, 0.2) is 0 Å². The standard InChI is InChI=1S/C21H32/c1-4-15-9-11-18-17-10-8-16-7-5-6-13-20(16,2)19(17)12-14-21(15,18)3/h7,11,15,17,19H,4-6,8-10,12-14H2,1-3H3/t15-,17-,19-,20-,21+/m0/s1. The van der Waals surface area contributed by atoms with Gasteiger partial charge in [0.25, 0.3) is 0 Å². The first kappa shape index (κ1) is 14.1. The predicted octanol–water partition coefficient (Wildman–Crippen LogP) is 6.29. The van der Waals surface area contributed by atoms with Crippen molar-refractivity contribution < 1.29 is 0 Å². The number of rotatable bonds is 1. The van der Waals surface area contributed by atoms with E-state index in [4.69, 9.17) is 0 Å². The third kappa shape index (κ3) is 1.80. The summed E-state index contributed by atoms with van der Waals surface area (Å²) in [5.74, 6) is 2.80. The molecule has 2 fully saturated rings. The smallest absolute Gasteiger partial charge is 0.00823 e. The third-order valence-electron chi connectivity index (χ3n) is 8.10. The number of hydrogen-bond acceptors (Lipinski definition) is 0. The Kier molecular flexibility index (Phi) is 3.18. The molecular formula is C21H32. The molecule has 0 unspecified atom stereocenters. The molecular weight excluding hydrogens is 252 g/mol.